The summed E-state index contributed by atoms with van der Waals surface area (Å²) in [6.45, 7) is 1.32. The fourth-order valence-corrected chi connectivity index (χ4v) is 2.48. The van der Waals surface area contributed by atoms with Gasteiger partial charge in [0.15, 0.2) is 4.77 Å². The van der Waals surface area contributed by atoms with E-state index < -0.39 is 17.3 Å². The average molecular weight is 326 g/mol. The molecule has 2 heterocycles. The first-order chi connectivity index (χ1) is 10.3. The summed E-state index contributed by atoms with van der Waals surface area (Å²) in [5.41, 5.74) is -1.20. The third kappa shape index (κ3) is 2.13. The number of nitrogens with one attached hydrogen (secondary N) is 1. The van der Waals surface area contributed by atoms with Crippen molar-refractivity contribution in [2.75, 3.05) is 0 Å². The Morgan fingerprint density at radius 1 is 1.27 bits per heavy atom. The van der Waals surface area contributed by atoms with Crippen LogP contribution in [0.3, 0.4) is 0 Å². The molecule has 1 N–H and O–H groups in total. The zero-order chi connectivity index (χ0) is 16.1. The van der Waals surface area contributed by atoms with E-state index in [4.69, 9.17) is 12.2 Å². The number of fused-ring (bicyclic) bond motifs is 1. The van der Waals surface area contributed by atoms with Gasteiger partial charge in [0.05, 0.1) is 11.3 Å². The second-order valence-corrected chi connectivity index (χ2v) is 5.03. The lowest BCUT2D eigenvalue weighted by molar-refractivity contribution is -0.138. The molecule has 5 nitrogen and oxygen atoms in total. The number of H-pyrrole nitrogens is 1. The van der Waals surface area contributed by atoms with Crippen LogP contribution in [0.5, 0.6) is 0 Å². The predicted octanol–water partition coefficient (Wildman–Crippen LogP) is 2.87. The van der Waals surface area contributed by atoms with Crippen molar-refractivity contribution in [3.63, 3.8) is 0 Å². The summed E-state index contributed by atoms with van der Waals surface area (Å²) in [4.78, 5) is 12.4. The Morgan fingerprint density at radius 2 is 2.00 bits per heavy atom. The topological polar surface area (TPSA) is 55.1 Å². The molecule has 0 fully saturated rings. The molecule has 3 rings (SSSR count). The number of nitrogens with zero attached hydrogens (tertiary/aromatic N) is 3. The van der Waals surface area contributed by atoms with Crippen LogP contribution in [0.4, 0.5) is 13.2 Å². The SMILES string of the molecule is Cc1c(-n2ccn3c(=S)[nH]nc3c2=O)cccc1C(F)(F)F. The Hall–Kier alpha value is -2.42. The molecule has 2 aromatic heterocycles. The second kappa shape index (κ2) is 4.80. The molecule has 0 radical (unpaired) electrons. The van der Waals surface area contributed by atoms with E-state index in [2.05, 4.69) is 10.2 Å². The van der Waals surface area contributed by atoms with E-state index in [-0.39, 0.29) is 21.7 Å². The zero-order valence-corrected chi connectivity index (χ0v) is 12.0. The molecule has 0 aliphatic rings. The van der Waals surface area contributed by atoms with Crippen LogP contribution >= 0.6 is 12.2 Å². The summed E-state index contributed by atoms with van der Waals surface area (Å²) in [5, 5.41) is 6.26. The molecule has 0 unspecified atom stereocenters. The van der Waals surface area contributed by atoms with Crippen molar-refractivity contribution in [1.82, 2.24) is 19.2 Å². The monoisotopic (exact) mass is 326 g/mol. The maximum absolute atomic E-state index is 13.0. The highest BCUT2D eigenvalue weighted by molar-refractivity contribution is 7.71. The van der Waals surface area contributed by atoms with Crippen molar-refractivity contribution in [2.45, 2.75) is 13.1 Å². The number of halogens is 3. The van der Waals surface area contributed by atoms with E-state index in [1.165, 1.54) is 35.9 Å². The summed E-state index contributed by atoms with van der Waals surface area (Å²) >= 11 is 4.95. The Kier molecular flexibility index (Phi) is 3.17. The molecule has 0 saturated carbocycles. The number of hydrogen-bond donors (Lipinski definition) is 1. The molecule has 0 saturated heterocycles. The number of aromatic nitrogens is 4. The Morgan fingerprint density at radius 3 is 2.68 bits per heavy atom. The third-order valence-corrected chi connectivity index (χ3v) is 3.64. The number of rotatable bonds is 1. The highest BCUT2D eigenvalue weighted by atomic mass is 32.1. The van der Waals surface area contributed by atoms with Gasteiger partial charge >= 0.3 is 11.7 Å². The van der Waals surface area contributed by atoms with Crippen LogP contribution in [0.25, 0.3) is 11.3 Å². The summed E-state index contributed by atoms with van der Waals surface area (Å²) < 4.78 is 41.7. The van der Waals surface area contributed by atoms with Crippen LogP contribution in [0.1, 0.15) is 11.1 Å². The van der Waals surface area contributed by atoms with Crippen LogP contribution in [0.2, 0.25) is 0 Å². The molecule has 1 aromatic carbocycles. The summed E-state index contributed by atoms with van der Waals surface area (Å²) in [6, 6.07) is 3.69. The van der Waals surface area contributed by atoms with Crippen molar-refractivity contribution in [3.05, 3.63) is 56.8 Å². The first kappa shape index (κ1) is 14.5. The lowest BCUT2D eigenvalue weighted by Gasteiger charge is -2.15. The normalized spacial score (nSPS) is 12.0. The summed E-state index contributed by atoms with van der Waals surface area (Å²) in [5.74, 6) is 0. The van der Waals surface area contributed by atoms with Gasteiger partial charge in [-0.3, -0.25) is 18.9 Å². The second-order valence-electron chi connectivity index (χ2n) is 4.64. The van der Waals surface area contributed by atoms with Crippen LogP contribution in [-0.2, 0) is 6.18 Å². The molecule has 0 aliphatic carbocycles. The molecule has 0 aliphatic heterocycles. The largest absolute Gasteiger partial charge is 0.416 e. The molecular weight excluding hydrogens is 317 g/mol. The van der Waals surface area contributed by atoms with Crippen molar-refractivity contribution < 1.29 is 13.2 Å². The minimum atomic E-state index is -4.48. The van der Waals surface area contributed by atoms with E-state index in [0.29, 0.717) is 0 Å². The quantitative estimate of drug-likeness (QED) is 0.700. The number of aromatic amines is 1. The lowest BCUT2D eigenvalue weighted by atomic mass is 10.1. The van der Waals surface area contributed by atoms with Gasteiger partial charge < -0.3 is 0 Å². The first-order valence-electron chi connectivity index (χ1n) is 6.16. The Bertz CT molecular complexity index is 983. The molecular formula is C13H9F3N4OS. The maximum atomic E-state index is 13.0. The number of hydrogen-bond acceptors (Lipinski definition) is 3. The van der Waals surface area contributed by atoms with Gasteiger partial charge in [-0.25, -0.2) is 0 Å². The lowest BCUT2D eigenvalue weighted by Crippen LogP contribution is -2.22. The van der Waals surface area contributed by atoms with Gasteiger partial charge in [0.1, 0.15) is 0 Å². The van der Waals surface area contributed by atoms with Crippen molar-refractivity contribution in [2.24, 2.45) is 0 Å². The van der Waals surface area contributed by atoms with Crippen molar-refractivity contribution in [3.8, 4) is 5.69 Å². The minimum Gasteiger partial charge on any atom is -0.279 e. The van der Waals surface area contributed by atoms with E-state index in [1.54, 1.807) is 0 Å². The fourth-order valence-electron chi connectivity index (χ4n) is 2.28. The van der Waals surface area contributed by atoms with Crippen molar-refractivity contribution >= 4 is 17.9 Å². The van der Waals surface area contributed by atoms with E-state index in [0.717, 1.165) is 10.6 Å². The predicted molar refractivity (Wildman–Crippen MR) is 75.7 cm³/mol. The third-order valence-electron chi connectivity index (χ3n) is 3.35. The minimum absolute atomic E-state index is 0.0179. The first-order valence-corrected chi connectivity index (χ1v) is 6.57. The number of benzene rings is 1. The fraction of sp³-hybridized carbons (Fsp3) is 0.154. The zero-order valence-electron chi connectivity index (χ0n) is 11.2. The van der Waals surface area contributed by atoms with E-state index in [9.17, 15) is 18.0 Å². The van der Waals surface area contributed by atoms with Gasteiger partial charge in [0.25, 0.3) is 0 Å². The Balaban J connectivity index is 2.31. The van der Waals surface area contributed by atoms with Gasteiger partial charge in [-0.2, -0.15) is 13.2 Å². The highest BCUT2D eigenvalue weighted by Crippen LogP contribution is 2.33. The highest BCUT2D eigenvalue weighted by Gasteiger charge is 2.33. The molecule has 0 bridgehead atoms. The molecule has 0 atom stereocenters. The molecule has 22 heavy (non-hydrogen) atoms. The van der Waals surface area contributed by atoms with Crippen LogP contribution < -0.4 is 5.56 Å². The summed E-state index contributed by atoms with van der Waals surface area (Å²) in [7, 11) is 0. The molecule has 3 aromatic rings. The van der Waals surface area contributed by atoms with Gasteiger partial charge in [0.2, 0.25) is 5.65 Å². The van der Waals surface area contributed by atoms with Crippen LogP contribution in [0.15, 0.2) is 35.4 Å². The molecule has 0 amide bonds. The Labute approximate surface area is 126 Å². The van der Waals surface area contributed by atoms with Gasteiger partial charge in [-0.05, 0) is 36.8 Å². The standard InChI is InChI=1S/C13H9F3N4OS/c1-7-8(13(14,15)16)3-2-4-9(7)19-5-6-20-10(11(19)21)17-18-12(20)22/h2-6H,1H3,(H,18,22). The molecule has 0 spiro atoms. The average Bonchev–Trinajstić information content (AvgIpc) is 2.81. The van der Waals surface area contributed by atoms with Crippen LogP contribution in [0, 0.1) is 11.7 Å². The van der Waals surface area contributed by atoms with Gasteiger partial charge in [0, 0.05) is 12.4 Å². The summed E-state index contributed by atoms with van der Waals surface area (Å²) in [6.07, 6.45) is -1.64. The molecule has 114 valence electrons. The smallest absolute Gasteiger partial charge is 0.279 e. The van der Waals surface area contributed by atoms with Gasteiger partial charge in [-0.1, -0.05) is 6.07 Å². The van der Waals surface area contributed by atoms with E-state index >= 15 is 0 Å². The van der Waals surface area contributed by atoms with Crippen LogP contribution in [-0.4, -0.2) is 19.2 Å². The number of alkyl halides is 3. The van der Waals surface area contributed by atoms with E-state index in [1.807, 2.05) is 0 Å². The maximum Gasteiger partial charge on any atom is 0.416 e. The van der Waals surface area contributed by atoms with Gasteiger partial charge in [-0.15, -0.1) is 5.10 Å². The van der Waals surface area contributed by atoms with Crippen molar-refractivity contribution in [1.29, 1.82) is 0 Å². The molecule has 9 heteroatoms.